The molecule has 3 nitrogen and oxygen atoms in total. The Labute approximate surface area is 155 Å². The zero-order chi connectivity index (χ0) is 17.3. The lowest BCUT2D eigenvalue weighted by molar-refractivity contribution is 0.675. The minimum Gasteiger partial charge on any atom is -0.383 e. The van der Waals surface area contributed by atoms with Gasteiger partial charge in [0.25, 0.3) is 0 Å². The number of benzene rings is 2. The van der Waals surface area contributed by atoms with E-state index in [1.807, 2.05) is 36.4 Å². The lowest BCUT2D eigenvalue weighted by atomic mass is 10.1. The van der Waals surface area contributed by atoms with E-state index in [4.69, 9.17) is 22.3 Å². The number of rotatable bonds is 4. The van der Waals surface area contributed by atoms with Gasteiger partial charge in [0.1, 0.15) is 17.3 Å². The summed E-state index contributed by atoms with van der Waals surface area (Å²) in [5, 5.41) is 0.678. The Balaban J connectivity index is 2.11. The Morgan fingerprint density at radius 1 is 1.17 bits per heavy atom. The molecule has 0 radical (unpaired) electrons. The van der Waals surface area contributed by atoms with Gasteiger partial charge in [0.15, 0.2) is 0 Å². The van der Waals surface area contributed by atoms with Crippen LogP contribution in [0.2, 0.25) is 5.02 Å². The fraction of sp³-hybridized carbons (Fsp3) is 0.211. The van der Waals surface area contributed by atoms with Crippen LogP contribution in [0.4, 0.5) is 5.82 Å². The number of nitrogen functional groups attached to an aromatic ring is 1. The lowest BCUT2D eigenvalue weighted by Crippen LogP contribution is -2.09. The van der Waals surface area contributed by atoms with E-state index in [2.05, 4.69) is 46.5 Å². The van der Waals surface area contributed by atoms with Crippen molar-refractivity contribution in [2.24, 2.45) is 0 Å². The summed E-state index contributed by atoms with van der Waals surface area (Å²) in [6.07, 6.45) is 0. The number of nitrogens with zero attached hydrogens (tertiary/aromatic N) is 2. The van der Waals surface area contributed by atoms with Crippen LogP contribution in [0.5, 0.6) is 0 Å². The maximum atomic E-state index is 6.48. The average Bonchev–Trinajstić information content (AvgIpc) is 2.86. The molecule has 2 aromatic carbocycles. The quantitative estimate of drug-likeness (QED) is 0.604. The maximum Gasteiger partial charge on any atom is 0.132 e. The van der Waals surface area contributed by atoms with Crippen molar-refractivity contribution in [1.29, 1.82) is 0 Å². The Bertz CT molecular complexity index is 857. The van der Waals surface area contributed by atoms with Gasteiger partial charge >= 0.3 is 0 Å². The van der Waals surface area contributed by atoms with Gasteiger partial charge in [-0.15, -0.1) is 0 Å². The molecule has 124 valence electrons. The van der Waals surface area contributed by atoms with Crippen molar-refractivity contribution in [3.63, 3.8) is 0 Å². The summed E-state index contributed by atoms with van der Waals surface area (Å²) in [6, 6.07) is 15.9. The fourth-order valence-electron chi connectivity index (χ4n) is 2.74. The van der Waals surface area contributed by atoms with E-state index in [1.54, 1.807) is 0 Å². The van der Waals surface area contributed by atoms with Crippen molar-refractivity contribution in [3.8, 4) is 11.3 Å². The van der Waals surface area contributed by atoms with Crippen LogP contribution in [-0.2, 0) is 6.54 Å². The molecule has 1 aromatic heterocycles. The van der Waals surface area contributed by atoms with Gasteiger partial charge in [-0.2, -0.15) is 0 Å². The number of nitrogens with two attached hydrogens (primary N) is 1. The molecule has 0 atom stereocenters. The Kier molecular flexibility index (Phi) is 4.97. The Morgan fingerprint density at radius 2 is 1.88 bits per heavy atom. The van der Waals surface area contributed by atoms with Crippen molar-refractivity contribution >= 4 is 33.3 Å². The van der Waals surface area contributed by atoms with E-state index in [0.717, 1.165) is 21.6 Å². The molecule has 0 amide bonds. The van der Waals surface area contributed by atoms with Crippen LogP contribution in [-0.4, -0.2) is 9.55 Å². The van der Waals surface area contributed by atoms with E-state index in [1.165, 1.54) is 5.56 Å². The highest BCUT2D eigenvalue weighted by molar-refractivity contribution is 9.10. The predicted octanol–water partition coefficient (Wildman–Crippen LogP) is 5.72. The highest BCUT2D eigenvalue weighted by atomic mass is 79.9. The monoisotopic (exact) mass is 403 g/mol. The number of hydrogen-bond donors (Lipinski definition) is 1. The molecular formula is C19H19BrClN3. The number of hydrogen-bond acceptors (Lipinski definition) is 2. The third kappa shape index (κ3) is 3.35. The van der Waals surface area contributed by atoms with Crippen LogP contribution in [0.15, 0.2) is 53.0 Å². The first-order chi connectivity index (χ1) is 11.5. The number of aromatic nitrogens is 2. The van der Waals surface area contributed by atoms with E-state index in [0.29, 0.717) is 17.4 Å². The molecule has 0 saturated carbocycles. The molecule has 0 fully saturated rings. The zero-order valence-corrected chi connectivity index (χ0v) is 16.0. The molecular weight excluding hydrogens is 386 g/mol. The van der Waals surface area contributed by atoms with Crippen molar-refractivity contribution in [2.75, 3.05) is 5.73 Å². The molecule has 2 N–H and O–H groups in total. The molecule has 0 aliphatic rings. The van der Waals surface area contributed by atoms with Gasteiger partial charge in [-0.25, -0.2) is 4.98 Å². The van der Waals surface area contributed by atoms with Crippen LogP contribution in [0, 0.1) is 0 Å². The molecule has 0 spiro atoms. The van der Waals surface area contributed by atoms with E-state index < -0.39 is 0 Å². The highest BCUT2D eigenvalue weighted by Gasteiger charge is 2.20. The van der Waals surface area contributed by atoms with E-state index in [9.17, 15) is 0 Å². The third-order valence-electron chi connectivity index (χ3n) is 3.92. The summed E-state index contributed by atoms with van der Waals surface area (Å²) in [5.41, 5.74) is 9.41. The molecule has 5 heteroatoms. The van der Waals surface area contributed by atoms with Gasteiger partial charge in [-0.3, -0.25) is 0 Å². The lowest BCUT2D eigenvalue weighted by Gasteiger charge is -2.12. The predicted molar refractivity (Wildman–Crippen MR) is 104 cm³/mol. The van der Waals surface area contributed by atoms with Crippen molar-refractivity contribution in [1.82, 2.24) is 9.55 Å². The Hall–Kier alpha value is -1.78. The molecule has 0 aliphatic carbocycles. The molecule has 0 unspecified atom stereocenters. The molecule has 24 heavy (non-hydrogen) atoms. The minimum absolute atomic E-state index is 0.274. The van der Waals surface area contributed by atoms with E-state index in [-0.39, 0.29) is 5.92 Å². The number of imidazole rings is 1. The summed E-state index contributed by atoms with van der Waals surface area (Å²) < 4.78 is 2.98. The molecule has 3 aromatic rings. The van der Waals surface area contributed by atoms with Gasteiger partial charge < -0.3 is 10.3 Å². The van der Waals surface area contributed by atoms with Gasteiger partial charge in [0.05, 0.1) is 6.54 Å². The van der Waals surface area contributed by atoms with Crippen LogP contribution in [0.3, 0.4) is 0 Å². The summed E-state index contributed by atoms with van der Waals surface area (Å²) in [5.74, 6) is 1.93. The zero-order valence-electron chi connectivity index (χ0n) is 13.6. The van der Waals surface area contributed by atoms with Crippen LogP contribution in [0.1, 0.15) is 31.2 Å². The van der Waals surface area contributed by atoms with Gasteiger partial charge in [-0.1, -0.05) is 77.8 Å². The molecule has 3 rings (SSSR count). The molecule has 0 saturated heterocycles. The maximum absolute atomic E-state index is 6.48. The van der Waals surface area contributed by atoms with Crippen LogP contribution >= 0.6 is 27.5 Å². The van der Waals surface area contributed by atoms with Crippen molar-refractivity contribution in [3.05, 3.63) is 69.4 Å². The average molecular weight is 405 g/mol. The first-order valence-corrected chi connectivity index (χ1v) is 8.99. The molecule has 0 aliphatic heterocycles. The van der Waals surface area contributed by atoms with Crippen molar-refractivity contribution < 1.29 is 0 Å². The topological polar surface area (TPSA) is 43.8 Å². The highest BCUT2D eigenvalue weighted by Crippen LogP contribution is 2.35. The van der Waals surface area contributed by atoms with E-state index >= 15 is 0 Å². The van der Waals surface area contributed by atoms with Gasteiger partial charge in [0, 0.05) is 21.0 Å². The second-order valence-electron chi connectivity index (χ2n) is 6.05. The summed E-state index contributed by atoms with van der Waals surface area (Å²) in [4.78, 5) is 4.83. The minimum atomic E-state index is 0.274. The number of anilines is 1. The first-order valence-electron chi connectivity index (χ1n) is 7.82. The van der Waals surface area contributed by atoms with Gasteiger partial charge in [0.2, 0.25) is 0 Å². The largest absolute Gasteiger partial charge is 0.383 e. The first kappa shape index (κ1) is 17.1. The second kappa shape index (κ2) is 6.99. The SMILES string of the molecule is CC(C)c1nc(-c2ccc(Cl)cc2Br)c(N)n1Cc1ccccc1. The summed E-state index contributed by atoms with van der Waals surface area (Å²) >= 11 is 9.62. The summed E-state index contributed by atoms with van der Waals surface area (Å²) in [6.45, 7) is 4.96. The Morgan fingerprint density at radius 3 is 2.50 bits per heavy atom. The van der Waals surface area contributed by atoms with Crippen molar-refractivity contribution in [2.45, 2.75) is 26.3 Å². The smallest absolute Gasteiger partial charge is 0.132 e. The van der Waals surface area contributed by atoms with Gasteiger partial charge in [-0.05, 0) is 17.7 Å². The van der Waals surface area contributed by atoms with Crippen LogP contribution in [0.25, 0.3) is 11.3 Å². The standard InChI is InChI=1S/C19H19BrClN3/c1-12(2)19-23-17(15-9-8-14(21)10-16(15)20)18(22)24(19)11-13-6-4-3-5-7-13/h3-10,12H,11,22H2,1-2H3. The number of halogens is 2. The second-order valence-corrected chi connectivity index (χ2v) is 7.35. The molecule has 1 heterocycles. The normalized spacial score (nSPS) is 11.2. The third-order valence-corrected chi connectivity index (χ3v) is 4.81. The fourth-order valence-corrected chi connectivity index (χ4v) is 3.61. The van der Waals surface area contributed by atoms with Crippen LogP contribution < -0.4 is 5.73 Å². The molecule has 0 bridgehead atoms. The summed E-state index contributed by atoms with van der Waals surface area (Å²) in [7, 11) is 0.